The van der Waals surface area contributed by atoms with E-state index in [2.05, 4.69) is 6.58 Å². The molecule has 0 aliphatic heterocycles. The minimum Gasteiger partial charge on any atom is -0.452 e. The van der Waals surface area contributed by atoms with Gasteiger partial charge in [-0.15, -0.1) is 0 Å². The normalized spacial score (nSPS) is 10.4. The molecule has 0 atom stereocenters. The van der Waals surface area contributed by atoms with Crippen LogP contribution in [0.4, 0.5) is 0 Å². The molecule has 0 heterocycles. The molecule has 0 saturated carbocycles. The van der Waals surface area contributed by atoms with Gasteiger partial charge in [-0.2, -0.15) is 0 Å². The van der Waals surface area contributed by atoms with Crippen molar-refractivity contribution in [1.29, 1.82) is 0 Å². The Balaban J connectivity index is 3.42. The maximum atomic E-state index is 11.4. The largest absolute Gasteiger partial charge is 0.742 e. The third kappa shape index (κ3) is 4.57. The zero-order valence-electron chi connectivity index (χ0n) is 12.0. The first-order valence-corrected chi connectivity index (χ1v) is 7.83. The Bertz CT molecular complexity index is 540. The monoisotopic (exact) mass is 308 g/mol. The number of carbonyl (C=O) groups is 3. The number of benzene rings is 1. The quantitative estimate of drug-likeness (QED) is 0.760. The molecule has 0 amide bonds. The number of rotatable bonds is 5. The molecule has 1 aromatic rings. The van der Waals surface area contributed by atoms with E-state index >= 15 is 0 Å². The zero-order valence-corrected chi connectivity index (χ0v) is 13.0. The maximum absolute atomic E-state index is 11.4. The third-order valence-electron chi connectivity index (χ3n) is 2.31. The molecule has 0 bridgehead atoms. The first-order valence-electron chi connectivity index (χ1n) is 6.11. The smallest absolute Gasteiger partial charge is 0.452 e. The summed E-state index contributed by atoms with van der Waals surface area (Å²) in [7, 11) is -4.00. The molecule has 1 aromatic carbocycles. The summed E-state index contributed by atoms with van der Waals surface area (Å²) in [6, 6.07) is 6.57. The van der Waals surface area contributed by atoms with Crippen LogP contribution in [0.15, 0.2) is 30.8 Å². The van der Waals surface area contributed by atoms with Crippen molar-refractivity contribution in [2.75, 3.05) is 0 Å². The molecule has 0 aliphatic rings. The lowest BCUT2D eigenvalue weighted by atomic mass is 10.2. The minimum atomic E-state index is -4.00. The third-order valence-corrected chi connectivity index (χ3v) is 5.00. The number of hydrogen-bond donors (Lipinski definition) is 0. The van der Waals surface area contributed by atoms with E-state index in [0.717, 1.165) is 20.8 Å². The van der Waals surface area contributed by atoms with Gasteiger partial charge in [0.1, 0.15) is 0 Å². The summed E-state index contributed by atoms with van der Waals surface area (Å²) in [5.41, 5.74) is 0.704. The van der Waals surface area contributed by atoms with Gasteiger partial charge in [0.05, 0.1) is 5.19 Å². The summed E-state index contributed by atoms with van der Waals surface area (Å²) >= 11 is 0. The average molecular weight is 308 g/mol. The van der Waals surface area contributed by atoms with E-state index in [4.69, 9.17) is 13.3 Å². The highest BCUT2D eigenvalue weighted by Gasteiger charge is 2.54. The average Bonchev–Trinajstić information content (AvgIpc) is 2.36. The van der Waals surface area contributed by atoms with Crippen LogP contribution in [0, 0.1) is 0 Å². The van der Waals surface area contributed by atoms with E-state index in [9.17, 15) is 14.4 Å². The molecule has 0 aromatic heterocycles. The minimum absolute atomic E-state index is 0.320. The van der Waals surface area contributed by atoms with Gasteiger partial charge in [-0.05, 0) is 11.6 Å². The maximum Gasteiger partial charge on any atom is 0.742 e. The fourth-order valence-corrected chi connectivity index (χ4v) is 3.92. The Morgan fingerprint density at radius 1 is 1.00 bits per heavy atom. The molecule has 7 heteroatoms. The fourth-order valence-electron chi connectivity index (χ4n) is 1.66. The summed E-state index contributed by atoms with van der Waals surface area (Å²) in [4.78, 5) is 34.1. The molecule has 1 rings (SSSR count). The van der Waals surface area contributed by atoms with E-state index in [1.165, 1.54) is 0 Å². The highest BCUT2D eigenvalue weighted by molar-refractivity contribution is 6.79. The fraction of sp³-hybridized carbons (Fsp3) is 0.214. The summed E-state index contributed by atoms with van der Waals surface area (Å²) in [6.07, 6.45) is 1.57. The Morgan fingerprint density at radius 3 is 1.86 bits per heavy atom. The molecule has 0 spiro atoms. The molecular formula is C14H16O6Si. The lowest BCUT2D eigenvalue weighted by Gasteiger charge is -2.26. The van der Waals surface area contributed by atoms with E-state index in [-0.39, 0.29) is 0 Å². The lowest BCUT2D eigenvalue weighted by molar-refractivity contribution is -0.146. The van der Waals surface area contributed by atoms with Crippen LogP contribution in [-0.4, -0.2) is 26.7 Å². The second-order valence-corrected chi connectivity index (χ2v) is 6.47. The van der Waals surface area contributed by atoms with Crippen LogP contribution in [-0.2, 0) is 27.7 Å². The predicted octanol–water partition coefficient (Wildman–Crippen LogP) is 1.16. The van der Waals surface area contributed by atoms with Gasteiger partial charge < -0.3 is 13.3 Å². The molecule has 0 fully saturated rings. The second-order valence-electron chi connectivity index (χ2n) is 4.17. The van der Waals surface area contributed by atoms with Gasteiger partial charge in [0.25, 0.3) is 17.9 Å². The predicted molar refractivity (Wildman–Crippen MR) is 77.2 cm³/mol. The molecule has 0 N–H and O–H groups in total. The van der Waals surface area contributed by atoms with Gasteiger partial charge in [0, 0.05) is 20.8 Å². The highest BCUT2D eigenvalue weighted by atomic mass is 28.4. The number of hydrogen-bond acceptors (Lipinski definition) is 6. The van der Waals surface area contributed by atoms with Crippen LogP contribution in [0.2, 0.25) is 0 Å². The van der Waals surface area contributed by atoms with Crippen molar-refractivity contribution in [3.63, 3.8) is 0 Å². The van der Waals surface area contributed by atoms with Crippen molar-refractivity contribution in [1.82, 2.24) is 0 Å². The van der Waals surface area contributed by atoms with Crippen molar-refractivity contribution >= 4 is 38.0 Å². The van der Waals surface area contributed by atoms with Crippen LogP contribution in [0.1, 0.15) is 26.3 Å². The summed E-state index contributed by atoms with van der Waals surface area (Å²) in [5, 5.41) is 0.320. The Morgan fingerprint density at radius 2 is 1.48 bits per heavy atom. The Labute approximate surface area is 123 Å². The van der Waals surface area contributed by atoms with Gasteiger partial charge in [-0.3, -0.25) is 14.4 Å². The standard InChI is InChI=1S/C14H16O6Si/c1-5-13-7-6-8-14(9-13)21(18-10(2)15,19-11(3)16)20-12(4)17/h5-9H,1H2,2-4H3. The van der Waals surface area contributed by atoms with E-state index < -0.39 is 26.7 Å². The highest BCUT2D eigenvalue weighted by Crippen LogP contribution is 2.14. The van der Waals surface area contributed by atoms with E-state index in [0.29, 0.717) is 10.8 Å². The first-order chi connectivity index (χ1) is 9.79. The van der Waals surface area contributed by atoms with Crippen LogP contribution in [0.5, 0.6) is 0 Å². The van der Waals surface area contributed by atoms with Crippen molar-refractivity contribution < 1.29 is 27.7 Å². The van der Waals surface area contributed by atoms with Crippen molar-refractivity contribution in [3.8, 4) is 0 Å². The van der Waals surface area contributed by atoms with Gasteiger partial charge in [-0.25, -0.2) is 0 Å². The van der Waals surface area contributed by atoms with Crippen molar-refractivity contribution in [2.45, 2.75) is 20.8 Å². The van der Waals surface area contributed by atoms with Crippen LogP contribution in [0.25, 0.3) is 6.08 Å². The summed E-state index contributed by atoms with van der Waals surface area (Å²) in [6.45, 7) is 7.06. The first kappa shape index (κ1) is 16.6. The van der Waals surface area contributed by atoms with Crippen LogP contribution in [0.3, 0.4) is 0 Å². The van der Waals surface area contributed by atoms with E-state index in [1.54, 1.807) is 30.3 Å². The number of carbonyl (C=O) groups excluding carboxylic acids is 3. The van der Waals surface area contributed by atoms with Gasteiger partial charge >= 0.3 is 8.80 Å². The second kappa shape index (κ2) is 6.85. The molecule has 0 unspecified atom stereocenters. The topological polar surface area (TPSA) is 78.9 Å². The molecule has 6 nitrogen and oxygen atoms in total. The summed E-state index contributed by atoms with van der Waals surface area (Å²) < 4.78 is 15.4. The molecule has 0 saturated heterocycles. The van der Waals surface area contributed by atoms with Gasteiger partial charge in [0.2, 0.25) is 0 Å². The van der Waals surface area contributed by atoms with Gasteiger partial charge in [-0.1, -0.05) is 30.9 Å². The Hall–Kier alpha value is -2.41. The molecule has 112 valence electrons. The lowest BCUT2D eigenvalue weighted by Crippen LogP contribution is -2.59. The zero-order chi connectivity index (χ0) is 16.0. The molecular weight excluding hydrogens is 292 g/mol. The van der Waals surface area contributed by atoms with Crippen molar-refractivity contribution in [3.05, 3.63) is 36.4 Å². The Kier molecular flexibility index (Phi) is 5.42. The van der Waals surface area contributed by atoms with Crippen LogP contribution < -0.4 is 5.19 Å². The molecule has 0 radical (unpaired) electrons. The van der Waals surface area contributed by atoms with E-state index in [1.807, 2.05) is 0 Å². The van der Waals surface area contributed by atoms with Crippen LogP contribution >= 0.6 is 0 Å². The molecule has 21 heavy (non-hydrogen) atoms. The van der Waals surface area contributed by atoms with Crippen molar-refractivity contribution in [2.24, 2.45) is 0 Å². The van der Waals surface area contributed by atoms with Gasteiger partial charge in [0.15, 0.2) is 0 Å². The SMILES string of the molecule is C=Cc1cccc([Si](OC(C)=O)(OC(C)=O)OC(C)=O)c1. The summed E-state index contributed by atoms with van der Waals surface area (Å²) in [5.74, 6) is -2.14. The molecule has 0 aliphatic carbocycles.